The van der Waals surface area contributed by atoms with Crippen LogP contribution in [0.2, 0.25) is 0 Å². The van der Waals surface area contributed by atoms with Crippen molar-refractivity contribution < 1.29 is 4.74 Å². The zero-order chi connectivity index (χ0) is 13.9. The Hall–Kier alpha value is -1.13. The largest absolute Gasteiger partial charge is 0.494 e. The number of hydrogen-bond acceptors (Lipinski definition) is 4. The van der Waals surface area contributed by atoms with E-state index in [0.717, 1.165) is 23.7 Å². The van der Waals surface area contributed by atoms with Gasteiger partial charge in [-0.2, -0.15) is 0 Å². The number of benzene rings is 1. The number of ether oxygens (including phenoxy) is 1. The number of aromatic nitrogens is 1. The number of nitrogens with zero attached hydrogens (tertiary/aromatic N) is 1. The Morgan fingerprint density at radius 2 is 2.10 bits per heavy atom. The number of fused-ring (bicyclic) bond motifs is 1. The van der Waals surface area contributed by atoms with E-state index in [1.54, 1.807) is 0 Å². The monoisotopic (exact) mass is 290 g/mol. The molecule has 0 spiro atoms. The SMILES string of the molecule is CCOc1ccc2nc(C3CCC(CN)CC3)sc2c1. The van der Waals surface area contributed by atoms with Gasteiger partial charge in [-0.05, 0) is 63.3 Å². The van der Waals surface area contributed by atoms with Crippen LogP contribution in [0, 0.1) is 5.92 Å². The molecule has 0 atom stereocenters. The molecule has 1 aliphatic rings. The maximum absolute atomic E-state index is 5.77. The first kappa shape index (κ1) is 13.8. The summed E-state index contributed by atoms with van der Waals surface area (Å²) in [7, 11) is 0. The Balaban J connectivity index is 1.79. The number of rotatable bonds is 4. The molecule has 0 aliphatic heterocycles. The fourth-order valence-corrected chi connectivity index (χ4v) is 4.16. The topological polar surface area (TPSA) is 48.1 Å². The van der Waals surface area contributed by atoms with Crippen molar-refractivity contribution in [2.24, 2.45) is 11.7 Å². The summed E-state index contributed by atoms with van der Waals surface area (Å²) in [6.45, 7) is 3.56. The van der Waals surface area contributed by atoms with Gasteiger partial charge in [0.15, 0.2) is 0 Å². The van der Waals surface area contributed by atoms with Gasteiger partial charge in [0.2, 0.25) is 0 Å². The van der Waals surface area contributed by atoms with Crippen LogP contribution in [0.5, 0.6) is 5.75 Å². The quantitative estimate of drug-likeness (QED) is 0.928. The average molecular weight is 290 g/mol. The molecule has 1 heterocycles. The lowest BCUT2D eigenvalue weighted by molar-refractivity contribution is 0.332. The highest BCUT2D eigenvalue weighted by Crippen LogP contribution is 2.39. The molecule has 1 saturated carbocycles. The summed E-state index contributed by atoms with van der Waals surface area (Å²) in [5.74, 6) is 2.30. The van der Waals surface area contributed by atoms with Crippen LogP contribution in [0.3, 0.4) is 0 Å². The second kappa shape index (κ2) is 6.10. The van der Waals surface area contributed by atoms with E-state index in [9.17, 15) is 0 Å². The highest BCUT2D eigenvalue weighted by Gasteiger charge is 2.24. The lowest BCUT2D eigenvalue weighted by Gasteiger charge is -2.26. The van der Waals surface area contributed by atoms with Crippen LogP contribution in [-0.4, -0.2) is 18.1 Å². The fraction of sp³-hybridized carbons (Fsp3) is 0.562. The average Bonchev–Trinajstić information content (AvgIpc) is 2.91. The van der Waals surface area contributed by atoms with Gasteiger partial charge in [0.1, 0.15) is 5.75 Å². The lowest BCUT2D eigenvalue weighted by atomic mass is 9.82. The van der Waals surface area contributed by atoms with Gasteiger partial charge in [-0.25, -0.2) is 4.98 Å². The Kier molecular flexibility index (Phi) is 4.22. The fourth-order valence-electron chi connectivity index (χ4n) is 3.00. The van der Waals surface area contributed by atoms with E-state index in [4.69, 9.17) is 15.5 Å². The molecular formula is C16H22N2OS. The van der Waals surface area contributed by atoms with E-state index >= 15 is 0 Å². The Morgan fingerprint density at radius 3 is 2.80 bits per heavy atom. The van der Waals surface area contributed by atoms with Crippen LogP contribution >= 0.6 is 11.3 Å². The Morgan fingerprint density at radius 1 is 1.30 bits per heavy atom. The minimum absolute atomic E-state index is 0.630. The Bertz CT molecular complexity index is 573. The number of thiazole rings is 1. The van der Waals surface area contributed by atoms with Crippen LogP contribution < -0.4 is 10.5 Å². The van der Waals surface area contributed by atoms with Gasteiger partial charge >= 0.3 is 0 Å². The summed E-state index contributed by atoms with van der Waals surface area (Å²) in [6.07, 6.45) is 4.97. The molecule has 3 nitrogen and oxygen atoms in total. The lowest BCUT2D eigenvalue weighted by Crippen LogP contribution is -2.20. The summed E-state index contributed by atoms with van der Waals surface area (Å²) in [6, 6.07) is 6.21. The molecule has 1 aromatic carbocycles. The third-order valence-corrected chi connectivity index (χ3v) is 5.40. The van der Waals surface area contributed by atoms with E-state index in [0.29, 0.717) is 12.5 Å². The van der Waals surface area contributed by atoms with Crippen molar-refractivity contribution in [1.29, 1.82) is 0 Å². The van der Waals surface area contributed by atoms with Crippen molar-refractivity contribution in [3.05, 3.63) is 23.2 Å². The summed E-state index contributed by atoms with van der Waals surface area (Å²) in [5, 5.41) is 1.30. The van der Waals surface area contributed by atoms with Gasteiger partial charge in [0.25, 0.3) is 0 Å². The smallest absolute Gasteiger partial charge is 0.120 e. The van der Waals surface area contributed by atoms with Crippen LogP contribution in [-0.2, 0) is 0 Å². The van der Waals surface area contributed by atoms with Gasteiger partial charge in [-0.1, -0.05) is 0 Å². The molecule has 1 aliphatic carbocycles. The summed E-state index contributed by atoms with van der Waals surface area (Å²) in [5.41, 5.74) is 6.87. The van der Waals surface area contributed by atoms with Gasteiger partial charge in [0, 0.05) is 5.92 Å². The molecule has 0 bridgehead atoms. The summed E-state index contributed by atoms with van der Waals surface area (Å²) in [4.78, 5) is 4.82. The van der Waals surface area contributed by atoms with Crippen molar-refractivity contribution >= 4 is 21.6 Å². The molecule has 2 N–H and O–H groups in total. The van der Waals surface area contributed by atoms with Crippen LogP contribution in [0.4, 0.5) is 0 Å². The molecule has 0 saturated heterocycles. The number of nitrogens with two attached hydrogens (primary N) is 1. The highest BCUT2D eigenvalue weighted by atomic mass is 32.1. The highest BCUT2D eigenvalue weighted by molar-refractivity contribution is 7.18. The molecule has 0 radical (unpaired) electrons. The van der Waals surface area contributed by atoms with Crippen LogP contribution in [0.25, 0.3) is 10.2 Å². The number of hydrogen-bond donors (Lipinski definition) is 1. The second-order valence-corrected chi connectivity index (χ2v) is 6.63. The van der Waals surface area contributed by atoms with Gasteiger partial charge in [0.05, 0.1) is 21.8 Å². The molecule has 3 rings (SSSR count). The van der Waals surface area contributed by atoms with E-state index < -0.39 is 0 Å². The zero-order valence-corrected chi connectivity index (χ0v) is 12.8. The van der Waals surface area contributed by atoms with E-state index in [1.807, 2.05) is 24.3 Å². The molecule has 4 heteroatoms. The van der Waals surface area contributed by atoms with Crippen molar-refractivity contribution in [1.82, 2.24) is 4.98 Å². The standard InChI is InChI=1S/C16H22N2OS/c1-2-19-13-7-8-14-15(9-13)20-16(18-14)12-5-3-11(10-17)4-6-12/h7-9,11-12H,2-6,10,17H2,1H3. The minimum Gasteiger partial charge on any atom is -0.494 e. The molecule has 0 unspecified atom stereocenters. The first-order valence-electron chi connectivity index (χ1n) is 7.53. The van der Waals surface area contributed by atoms with Crippen LogP contribution in [0.15, 0.2) is 18.2 Å². The Labute approximate surface area is 124 Å². The van der Waals surface area contributed by atoms with E-state index in [2.05, 4.69) is 12.1 Å². The molecule has 1 fully saturated rings. The molecule has 2 aromatic rings. The third-order valence-electron chi connectivity index (χ3n) is 4.22. The maximum atomic E-state index is 5.77. The van der Waals surface area contributed by atoms with Crippen molar-refractivity contribution in [2.45, 2.75) is 38.5 Å². The third kappa shape index (κ3) is 2.81. The normalized spacial score (nSPS) is 23.1. The van der Waals surface area contributed by atoms with Crippen LogP contribution in [0.1, 0.15) is 43.5 Å². The van der Waals surface area contributed by atoms with Crippen molar-refractivity contribution in [3.8, 4) is 5.75 Å². The molecule has 0 amide bonds. The van der Waals surface area contributed by atoms with Gasteiger partial charge in [-0.3, -0.25) is 0 Å². The van der Waals surface area contributed by atoms with Gasteiger partial charge < -0.3 is 10.5 Å². The first-order chi connectivity index (χ1) is 9.80. The molecule has 108 valence electrons. The first-order valence-corrected chi connectivity index (χ1v) is 8.35. The summed E-state index contributed by atoms with van der Waals surface area (Å²) >= 11 is 1.83. The van der Waals surface area contributed by atoms with Crippen molar-refractivity contribution in [2.75, 3.05) is 13.2 Å². The summed E-state index contributed by atoms with van der Waals surface area (Å²) < 4.78 is 6.80. The van der Waals surface area contributed by atoms with Gasteiger partial charge in [-0.15, -0.1) is 11.3 Å². The second-order valence-electron chi connectivity index (χ2n) is 5.57. The molecule has 20 heavy (non-hydrogen) atoms. The minimum atomic E-state index is 0.630. The van der Waals surface area contributed by atoms with Crippen molar-refractivity contribution in [3.63, 3.8) is 0 Å². The predicted molar refractivity (Wildman–Crippen MR) is 84.5 cm³/mol. The van der Waals surface area contributed by atoms with E-state index in [-0.39, 0.29) is 0 Å². The van der Waals surface area contributed by atoms with E-state index in [1.165, 1.54) is 35.4 Å². The maximum Gasteiger partial charge on any atom is 0.120 e. The predicted octanol–water partition coefficient (Wildman–Crippen LogP) is 3.93. The zero-order valence-electron chi connectivity index (χ0n) is 12.0. The molecule has 1 aromatic heterocycles. The molecular weight excluding hydrogens is 268 g/mol.